The van der Waals surface area contributed by atoms with Gasteiger partial charge in [0.25, 0.3) is 0 Å². The molecule has 0 aromatic carbocycles. The van der Waals surface area contributed by atoms with Crippen molar-refractivity contribution < 1.29 is 4.92 Å². The van der Waals surface area contributed by atoms with Crippen molar-refractivity contribution in [3.63, 3.8) is 0 Å². The number of aromatic nitrogens is 3. The molecule has 8 nitrogen and oxygen atoms in total. The van der Waals surface area contributed by atoms with Crippen molar-refractivity contribution in [2.75, 3.05) is 24.7 Å². The monoisotopic (exact) mass is 298 g/mol. The fourth-order valence-electron chi connectivity index (χ4n) is 1.17. The highest BCUT2D eigenvalue weighted by atomic mass is 32.2. The summed E-state index contributed by atoms with van der Waals surface area (Å²) in [5, 5.41) is 19.9. The van der Waals surface area contributed by atoms with E-state index >= 15 is 0 Å². The summed E-state index contributed by atoms with van der Waals surface area (Å²) >= 11 is 2.67. The van der Waals surface area contributed by atoms with Crippen molar-refractivity contribution in [3.8, 4) is 0 Å². The standard InChI is InChI=1S/C9H10N6O2S2/c1-14(2)8-12-13-9(19-8)18-6-4-3-5(15(16)17)7(10)11-6/h3-4H,1-2H3,(H2,10,11). The first-order valence-electron chi connectivity index (χ1n) is 5.07. The zero-order valence-electron chi connectivity index (χ0n) is 10.1. The van der Waals surface area contributed by atoms with Gasteiger partial charge in [-0.25, -0.2) is 4.98 Å². The molecule has 0 aliphatic carbocycles. The van der Waals surface area contributed by atoms with Crippen LogP contribution in [-0.4, -0.2) is 34.2 Å². The van der Waals surface area contributed by atoms with Crippen LogP contribution in [0.2, 0.25) is 0 Å². The van der Waals surface area contributed by atoms with Crippen LogP contribution in [0, 0.1) is 10.1 Å². The van der Waals surface area contributed by atoms with Gasteiger partial charge >= 0.3 is 5.69 Å². The van der Waals surface area contributed by atoms with E-state index in [1.165, 1.54) is 35.2 Å². The van der Waals surface area contributed by atoms with E-state index in [2.05, 4.69) is 15.2 Å². The van der Waals surface area contributed by atoms with Crippen LogP contribution < -0.4 is 10.6 Å². The highest BCUT2D eigenvalue weighted by molar-refractivity contribution is 8.01. The highest BCUT2D eigenvalue weighted by Crippen LogP contribution is 2.33. The van der Waals surface area contributed by atoms with E-state index in [-0.39, 0.29) is 11.5 Å². The lowest BCUT2D eigenvalue weighted by Crippen LogP contribution is -2.07. The molecule has 0 aliphatic rings. The summed E-state index contributed by atoms with van der Waals surface area (Å²) in [5.41, 5.74) is 5.32. The minimum absolute atomic E-state index is 0.104. The van der Waals surface area contributed by atoms with Gasteiger partial charge in [0.15, 0.2) is 4.34 Å². The molecule has 2 rings (SSSR count). The molecule has 0 fully saturated rings. The summed E-state index contributed by atoms with van der Waals surface area (Å²) in [6.45, 7) is 0. The Labute approximate surface area is 116 Å². The number of anilines is 2. The van der Waals surface area contributed by atoms with Crippen LogP contribution in [0.5, 0.6) is 0 Å². The van der Waals surface area contributed by atoms with E-state index in [1.807, 2.05) is 19.0 Å². The normalized spacial score (nSPS) is 10.4. The van der Waals surface area contributed by atoms with Gasteiger partial charge in [-0.15, -0.1) is 10.2 Å². The minimum atomic E-state index is -0.564. The Morgan fingerprint density at radius 1 is 1.42 bits per heavy atom. The summed E-state index contributed by atoms with van der Waals surface area (Å²) in [7, 11) is 3.74. The third kappa shape index (κ3) is 3.09. The molecule has 2 heterocycles. The van der Waals surface area contributed by atoms with E-state index in [4.69, 9.17) is 5.73 Å². The van der Waals surface area contributed by atoms with Gasteiger partial charge in [0, 0.05) is 20.2 Å². The number of hydrogen-bond acceptors (Lipinski definition) is 9. The lowest BCUT2D eigenvalue weighted by molar-refractivity contribution is -0.384. The maximum atomic E-state index is 10.6. The van der Waals surface area contributed by atoms with Gasteiger partial charge in [-0.2, -0.15) is 0 Å². The number of nitrogens with zero attached hydrogens (tertiary/aromatic N) is 5. The maximum absolute atomic E-state index is 10.6. The summed E-state index contributed by atoms with van der Waals surface area (Å²) in [6.07, 6.45) is 0. The summed E-state index contributed by atoms with van der Waals surface area (Å²) < 4.78 is 0.699. The third-order valence-corrected chi connectivity index (χ3v) is 4.12. The number of nitrogens with two attached hydrogens (primary N) is 1. The topological polar surface area (TPSA) is 111 Å². The Balaban J connectivity index is 2.19. The lowest BCUT2D eigenvalue weighted by atomic mass is 10.4. The molecular weight excluding hydrogens is 288 g/mol. The van der Waals surface area contributed by atoms with E-state index in [0.29, 0.717) is 9.37 Å². The van der Waals surface area contributed by atoms with Crippen LogP contribution in [0.3, 0.4) is 0 Å². The highest BCUT2D eigenvalue weighted by Gasteiger charge is 2.14. The molecule has 0 radical (unpaired) electrons. The van der Waals surface area contributed by atoms with E-state index in [0.717, 1.165) is 5.13 Å². The Morgan fingerprint density at radius 2 is 2.16 bits per heavy atom. The van der Waals surface area contributed by atoms with Crippen LogP contribution in [-0.2, 0) is 0 Å². The molecule has 2 N–H and O–H groups in total. The van der Waals surface area contributed by atoms with Gasteiger partial charge in [-0.1, -0.05) is 11.3 Å². The largest absolute Gasteiger partial charge is 0.378 e. The molecule has 19 heavy (non-hydrogen) atoms. The van der Waals surface area contributed by atoms with E-state index in [9.17, 15) is 10.1 Å². The second-order valence-electron chi connectivity index (χ2n) is 3.66. The molecule has 0 amide bonds. The van der Waals surface area contributed by atoms with Crippen LogP contribution in [0.4, 0.5) is 16.6 Å². The smallest absolute Gasteiger partial charge is 0.311 e. The maximum Gasteiger partial charge on any atom is 0.311 e. The zero-order chi connectivity index (χ0) is 14.0. The third-order valence-electron chi connectivity index (χ3n) is 2.04. The van der Waals surface area contributed by atoms with Crippen molar-refractivity contribution in [1.29, 1.82) is 0 Å². The van der Waals surface area contributed by atoms with Crippen molar-refractivity contribution in [3.05, 3.63) is 22.2 Å². The van der Waals surface area contributed by atoms with E-state index in [1.54, 1.807) is 0 Å². The summed E-state index contributed by atoms with van der Waals surface area (Å²) in [5.74, 6) is -0.104. The minimum Gasteiger partial charge on any atom is -0.378 e. The Hall–Kier alpha value is -1.94. The van der Waals surface area contributed by atoms with Crippen LogP contribution in [0.1, 0.15) is 0 Å². The summed E-state index contributed by atoms with van der Waals surface area (Å²) in [4.78, 5) is 15.9. The predicted octanol–water partition coefficient (Wildman–Crippen LogP) is 1.64. The molecule has 2 aromatic rings. The van der Waals surface area contributed by atoms with Crippen molar-refractivity contribution in [2.45, 2.75) is 9.37 Å². The Bertz CT molecular complexity index is 615. The number of nitro groups is 1. The first-order chi connectivity index (χ1) is 8.97. The number of rotatable bonds is 4. The van der Waals surface area contributed by atoms with Crippen molar-refractivity contribution in [1.82, 2.24) is 15.2 Å². The molecule has 100 valence electrons. The van der Waals surface area contributed by atoms with Gasteiger partial charge in [-0.3, -0.25) is 10.1 Å². The van der Waals surface area contributed by atoms with Gasteiger partial charge in [-0.05, 0) is 17.8 Å². The molecule has 0 aliphatic heterocycles. The first kappa shape index (κ1) is 13.5. The summed E-state index contributed by atoms with van der Waals surface area (Å²) in [6, 6.07) is 2.87. The average molecular weight is 298 g/mol. The first-order valence-corrected chi connectivity index (χ1v) is 6.70. The van der Waals surface area contributed by atoms with Gasteiger partial charge in [0.05, 0.1) is 4.92 Å². The Kier molecular flexibility index (Phi) is 3.81. The molecule has 10 heteroatoms. The Morgan fingerprint density at radius 3 is 2.68 bits per heavy atom. The fourth-order valence-corrected chi connectivity index (χ4v) is 2.86. The van der Waals surface area contributed by atoms with Gasteiger partial charge < -0.3 is 10.6 Å². The zero-order valence-corrected chi connectivity index (χ0v) is 11.7. The molecule has 0 saturated carbocycles. The number of pyridine rings is 1. The molecule has 0 bridgehead atoms. The second kappa shape index (κ2) is 5.36. The lowest BCUT2D eigenvalue weighted by Gasteiger charge is -2.03. The average Bonchev–Trinajstić information content (AvgIpc) is 2.77. The van der Waals surface area contributed by atoms with Crippen LogP contribution >= 0.6 is 23.1 Å². The number of hydrogen-bond donors (Lipinski definition) is 1. The van der Waals surface area contributed by atoms with E-state index < -0.39 is 4.92 Å². The van der Waals surface area contributed by atoms with Gasteiger partial charge in [0.2, 0.25) is 10.9 Å². The number of nitrogen functional groups attached to an aromatic ring is 1. The molecular formula is C9H10N6O2S2. The predicted molar refractivity (Wildman–Crippen MR) is 73.7 cm³/mol. The molecule has 0 unspecified atom stereocenters. The van der Waals surface area contributed by atoms with Crippen molar-refractivity contribution in [2.24, 2.45) is 0 Å². The molecule has 2 aromatic heterocycles. The van der Waals surface area contributed by atoms with Crippen LogP contribution in [0.25, 0.3) is 0 Å². The van der Waals surface area contributed by atoms with Crippen molar-refractivity contribution >= 4 is 39.7 Å². The SMILES string of the molecule is CN(C)c1nnc(Sc2ccc([N+](=O)[O-])c(N)n2)s1. The molecule has 0 spiro atoms. The fraction of sp³-hybridized carbons (Fsp3) is 0.222. The molecule has 0 atom stereocenters. The molecule has 0 saturated heterocycles. The second-order valence-corrected chi connectivity index (χ2v) is 5.88. The van der Waals surface area contributed by atoms with Crippen LogP contribution in [0.15, 0.2) is 21.5 Å². The quantitative estimate of drug-likeness (QED) is 0.669. The van der Waals surface area contributed by atoms with Gasteiger partial charge in [0.1, 0.15) is 5.03 Å².